The Bertz CT molecular complexity index is 2510. The highest BCUT2D eigenvalue weighted by atomic mass is 16.8. The van der Waals surface area contributed by atoms with Gasteiger partial charge >= 0.3 is 5.97 Å². The van der Waals surface area contributed by atoms with Crippen LogP contribution in [0.1, 0.15) is 125 Å². The first-order valence-corrected chi connectivity index (χ1v) is 30.9. The summed E-state index contributed by atoms with van der Waals surface area (Å²) in [6.45, 7) is 12.1. The normalized spacial score (nSPS) is 48.8. The fourth-order valence-corrected chi connectivity index (χ4v) is 16.4. The van der Waals surface area contributed by atoms with Crippen LogP contribution in [-0.2, 0) is 75.9 Å². The van der Waals surface area contributed by atoms with Gasteiger partial charge in [0.05, 0.1) is 61.5 Å². The monoisotopic (exact) mass is 1220 g/mol. The third kappa shape index (κ3) is 12.5. The van der Waals surface area contributed by atoms with E-state index in [0.717, 1.165) is 11.1 Å². The van der Waals surface area contributed by atoms with Gasteiger partial charge < -0.3 is 102 Å². The first-order valence-electron chi connectivity index (χ1n) is 30.9. The molecule has 23 nitrogen and oxygen atoms in total. The number of methoxy groups -OCH3 is 3. The lowest BCUT2D eigenvalue weighted by atomic mass is 9.43. The molecule has 10 rings (SSSR count). The summed E-state index contributed by atoms with van der Waals surface area (Å²) in [5.41, 5.74) is -3.15. The predicted octanol–water partition coefficient (Wildman–Crippen LogP) is 3.29. The van der Waals surface area contributed by atoms with Gasteiger partial charge in [0, 0.05) is 70.3 Å². The number of ether oxygens (including phenoxy) is 14. The summed E-state index contributed by atoms with van der Waals surface area (Å²) >= 11 is 0. The van der Waals surface area contributed by atoms with E-state index in [1.54, 1.807) is 34.1 Å². The smallest absolute Gasteiger partial charge is 0.331 e. The Morgan fingerprint density at radius 3 is 1.73 bits per heavy atom. The number of esters is 1. The average Bonchev–Trinajstić information content (AvgIpc) is 1.38. The summed E-state index contributed by atoms with van der Waals surface area (Å²) in [6, 6.07) is 9.42. The fraction of sp³-hybridized carbons (Fsp3) is 0.810. The Balaban J connectivity index is 0.710. The summed E-state index contributed by atoms with van der Waals surface area (Å²) in [7, 11) is 4.68. The van der Waals surface area contributed by atoms with E-state index in [9.17, 15) is 45.3 Å². The Hall–Kier alpha value is -2.96. The molecule has 484 valence electrons. The number of hydrogen-bond donors (Lipinski definition) is 7. The van der Waals surface area contributed by atoms with Crippen molar-refractivity contribution in [3.8, 4) is 0 Å². The molecule has 0 amide bonds. The van der Waals surface area contributed by atoms with Crippen LogP contribution in [0.5, 0.6) is 0 Å². The highest BCUT2D eigenvalue weighted by molar-refractivity contribution is 5.87. The Morgan fingerprint density at radius 2 is 1.19 bits per heavy atom. The maximum Gasteiger partial charge on any atom is 0.331 e. The van der Waals surface area contributed by atoms with E-state index in [0.29, 0.717) is 32.1 Å². The van der Waals surface area contributed by atoms with Crippen LogP contribution in [0.25, 0.3) is 6.08 Å². The quantitative estimate of drug-likeness (QED) is 0.0630. The van der Waals surface area contributed by atoms with E-state index < -0.39 is 182 Å². The highest BCUT2D eigenvalue weighted by Gasteiger charge is 2.77. The number of carbonyl (C=O) groups is 2. The van der Waals surface area contributed by atoms with Crippen molar-refractivity contribution >= 4 is 17.8 Å². The molecule has 86 heavy (non-hydrogen) atoms. The molecule has 0 bridgehead atoms. The standard InChI is InChI=1S/C63H94O23/c1-31(65)39-20-23-63(72)61(39,7)46(82-47(67)17-16-36-14-12-11-13-15-36)29-45-60(6)21-19-38(24-37(60)18-22-62(45,63)71)80-49-26-41(73-8)56(33(3)77-49)84-48-25-40(66)55(32(2)76-48)83-50-27-42(74-9)57(34(4)78-50)85-51-28-43(75-10)58(35(5)79-51)86-59-54(70)53(69)52(68)44(30-64)81-59/h11-18,32-35,38-46,48-59,64,66,68-72H,19-30H2,1-10H3/b17-16+/t32-,33-,34-,35-,38+,39+,40+,41+,42-,43+,44-,45-,46-,48+,49+,50+,51+,52-,53+,54-,55-,56-,57-,58-,59+,60+,61+,62+,63-/m1/s1. The van der Waals surface area contributed by atoms with Gasteiger partial charge in [-0.15, -0.1) is 0 Å². The van der Waals surface area contributed by atoms with Crippen LogP contribution in [0, 0.1) is 22.7 Å². The molecule has 5 aliphatic heterocycles. The molecule has 0 spiro atoms. The zero-order valence-corrected chi connectivity index (χ0v) is 51.2. The maximum atomic E-state index is 13.6. The van der Waals surface area contributed by atoms with Crippen molar-refractivity contribution in [1.82, 2.24) is 0 Å². The zero-order chi connectivity index (χ0) is 61.8. The molecular formula is C63H94O23. The number of benzene rings is 1. The average molecular weight is 1220 g/mol. The number of Topliss-reactive ketones (excluding diaryl/α,β-unsaturated/α-hetero) is 1. The van der Waals surface area contributed by atoms with Crippen molar-refractivity contribution in [2.75, 3.05) is 27.9 Å². The second-order valence-corrected chi connectivity index (χ2v) is 26.1. The van der Waals surface area contributed by atoms with Crippen LogP contribution >= 0.6 is 0 Å². The SMILES string of the molecule is CO[C@H]1C[C@H](O[C@H]2CC[C@@]3(C)C(=CC[C@]4(O)[C@@H]3C[C@@H](OC(=O)/C=C/c3ccccc3)[C@]3(C)[C@H](C(C)=O)CC[C@@]34O)C2)O[C@H](C)[C@H]1O[C@H]1C[C@H](O)[C@H](O[C@H]2C[C@@H](OC)[C@H](O[C@H]3C[C@H](OC)[C@H](O[C@@H]4O[C@H](CO)[C@@H](O)[C@H](O)[C@H]4O)[C@@H](C)O3)[C@@H](C)O2)[C@@H](C)O1. The molecule has 0 aromatic heterocycles. The van der Waals surface area contributed by atoms with Gasteiger partial charge in [0.2, 0.25) is 0 Å². The van der Waals surface area contributed by atoms with Crippen LogP contribution in [0.3, 0.4) is 0 Å². The Labute approximate surface area is 503 Å². The molecule has 0 unspecified atom stereocenters. The minimum Gasteiger partial charge on any atom is -0.458 e. The number of hydrogen-bond acceptors (Lipinski definition) is 23. The molecule has 23 heteroatoms. The minimum atomic E-state index is -1.71. The minimum absolute atomic E-state index is 0.0871. The summed E-state index contributed by atoms with van der Waals surface area (Å²) in [5, 5.41) is 78.5. The number of carbonyl (C=O) groups excluding carboxylic acids is 2. The molecule has 0 radical (unpaired) electrons. The summed E-state index contributed by atoms with van der Waals surface area (Å²) < 4.78 is 87.5. The van der Waals surface area contributed by atoms with Crippen molar-refractivity contribution in [3.05, 3.63) is 53.6 Å². The van der Waals surface area contributed by atoms with Crippen LogP contribution in [0.4, 0.5) is 0 Å². The van der Waals surface area contributed by atoms with Crippen molar-refractivity contribution in [3.63, 3.8) is 0 Å². The van der Waals surface area contributed by atoms with Gasteiger partial charge in [0.25, 0.3) is 0 Å². The van der Waals surface area contributed by atoms with E-state index in [1.165, 1.54) is 20.1 Å². The molecule has 29 atom stereocenters. The lowest BCUT2D eigenvalue weighted by molar-refractivity contribution is -0.358. The van der Waals surface area contributed by atoms with Crippen LogP contribution < -0.4 is 0 Å². The lowest BCUT2D eigenvalue weighted by Gasteiger charge is -2.66. The predicted molar refractivity (Wildman–Crippen MR) is 302 cm³/mol. The molecule has 4 aliphatic carbocycles. The Morgan fingerprint density at radius 1 is 0.651 bits per heavy atom. The molecular weight excluding hydrogens is 1120 g/mol. The van der Waals surface area contributed by atoms with Crippen LogP contribution in [0.15, 0.2) is 48.1 Å². The van der Waals surface area contributed by atoms with Gasteiger partial charge in [-0.1, -0.05) is 55.8 Å². The number of ketones is 1. The molecule has 5 heterocycles. The Kier molecular flexibility index (Phi) is 20.5. The molecule has 1 aromatic rings. The maximum absolute atomic E-state index is 13.6. The van der Waals surface area contributed by atoms with Gasteiger partial charge in [0.1, 0.15) is 71.9 Å². The molecule has 3 saturated carbocycles. The molecule has 7 N–H and O–H groups in total. The highest BCUT2D eigenvalue weighted by Crippen LogP contribution is 2.70. The number of rotatable bonds is 18. The molecule has 5 saturated heterocycles. The van der Waals surface area contributed by atoms with E-state index in [2.05, 4.69) is 13.0 Å². The third-order valence-corrected chi connectivity index (χ3v) is 21.2. The third-order valence-electron chi connectivity index (χ3n) is 21.2. The number of fused-ring (bicyclic) bond motifs is 5. The molecule has 9 aliphatic rings. The van der Waals surface area contributed by atoms with E-state index in [-0.39, 0.29) is 50.4 Å². The lowest BCUT2D eigenvalue weighted by Crippen LogP contribution is -2.75. The fourth-order valence-electron chi connectivity index (χ4n) is 16.4. The van der Waals surface area contributed by atoms with Gasteiger partial charge in [0.15, 0.2) is 31.5 Å². The van der Waals surface area contributed by atoms with E-state index in [1.807, 2.05) is 51.1 Å². The van der Waals surface area contributed by atoms with Crippen LogP contribution in [-0.4, -0.2) is 228 Å². The second kappa shape index (κ2) is 26.7. The molecule has 1 aromatic carbocycles. The van der Waals surface area contributed by atoms with Gasteiger partial charge in [-0.05, 0) is 96.6 Å². The van der Waals surface area contributed by atoms with E-state index >= 15 is 0 Å². The number of aliphatic hydroxyl groups is 7. The van der Waals surface area contributed by atoms with Gasteiger partial charge in [-0.25, -0.2) is 4.79 Å². The largest absolute Gasteiger partial charge is 0.458 e. The zero-order valence-electron chi connectivity index (χ0n) is 51.2. The van der Waals surface area contributed by atoms with Crippen molar-refractivity contribution in [2.45, 2.75) is 272 Å². The topological polar surface area (TPSA) is 305 Å². The first-order chi connectivity index (χ1) is 40.9. The summed E-state index contributed by atoms with van der Waals surface area (Å²) in [5.74, 6) is -1.77. The first kappa shape index (κ1) is 66.0. The summed E-state index contributed by atoms with van der Waals surface area (Å²) in [6.07, 6.45) is -10.2. The van der Waals surface area contributed by atoms with Crippen molar-refractivity contribution in [2.24, 2.45) is 22.7 Å². The number of aliphatic hydroxyl groups excluding tert-OH is 5. The van der Waals surface area contributed by atoms with Gasteiger partial charge in [-0.2, -0.15) is 0 Å². The van der Waals surface area contributed by atoms with E-state index in [4.69, 9.17) is 66.3 Å². The van der Waals surface area contributed by atoms with Crippen molar-refractivity contribution in [1.29, 1.82) is 0 Å². The van der Waals surface area contributed by atoms with Crippen LogP contribution in [0.2, 0.25) is 0 Å². The summed E-state index contributed by atoms with van der Waals surface area (Å²) in [4.78, 5) is 26.9. The van der Waals surface area contributed by atoms with Crippen molar-refractivity contribution < 1.29 is 112 Å². The van der Waals surface area contributed by atoms with Gasteiger partial charge in [-0.3, -0.25) is 4.79 Å². The second-order valence-electron chi connectivity index (χ2n) is 26.1. The molecule has 8 fully saturated rings.